The molecule has 0 bridgehead atoms. The lowest BCUT2D eigenvalue weighted by Gasteiger charge is -2.26. The molecule has 2 atom stereocenters. The summed E-state index contributed by atoms with van der Waals surface area (Å²) in [4.78, 5) is 0. The first-order valence-electron chi connectivity index (χ1n) is 5.74. The van der Waals surface area contributed by atoms with Crippen LogP contribution in [0.2, 0.25) is 0 Å². The van der Waals surface area contributed by atoms with Gasteiger partial charge < -0.3 is 5.32 Å². The Morgan fingerprint density at radius 2 is 1.88 bits per heavy atom. The molecule has 0 aliphatic rings. The number of benzene rings is 1. The van der Waals surface area contributed by atoms with Gasteiger partial charge in [-0.05, 0) is 31.0 Å². The van der Waals surface area contributed by atoms with Crippen LogP contribution in [0, 0.1) is 30.1 Å². The summed E-state index contributed by atoms with van der Waals surface area (Å²) in [7, 11) is 1.92. The molecule has 16 heavy (non-hydrogen) atoms. The fraction of sp³-hybridized carbons (Fsp3) is 0.500. The molecule has 1 aromatic carbocycles. The lowest BCUT2D eigenvalue weighted by molar-refractivity contribution is 0.362. The number of aryl methyl sites for hydroxylation is 1. The minimum Gasteiger partial charge on any atom is -0.312 e. The van der Waals surface area contributed by atoms with E-state index in [0.717, 1.165) is 0 Å². The van der Waals surface area contributed by atoms with E-state index in [-0.39, 0.29) is 12.0 Å². The zero-order valence-corrected chi connectivity index (χ0v) is 10.5. The molecule has 0 saturated carbocycles. The van der Waals surface area contributed by atoms with Crippen molar-refractivity contribution in [2.75, 3.05) is 7.05 Å². The molecule has 0 amide bonds. The predicted molar refractivity (Wildman–Crippen MR) is 66.9 cm³/mol. The van der Waals surface area contributed by atoms with Gasteiger partial charge in [0, 0.05) is 6.04 Å². The van der Waals surface area contributed by atoms with E-state index in [0.29, 0.717) is 5.92 Å². The fourth-order valence-electron chi connectivity index (χ4n) is 2.07. The summed E-state index contributed by atoms with van der Waals surface area (Å²) in [6, 6.07) is 10.8. The van der Waals surface area contributed by atoms with Gasteiger partial charge in [-0.2, -0.15) is 5.26 Å². The van der Waals surface area contributed by atoms with Gasteiger partial charge in [0.2, 0.25) is 0 Å². The van der Waals surface area contributed by atoms with Gasteiger partial charge in [0.1, 0.15) is 0 Å². The maximum Gasteiger partial charge on any atom is 0.0681 e. The lowest BCUT2D eigenvalue weighted by atomic mass is 9.84. The highest BCUT2D eigenvalue weighted by Gasteiger charge is 2.25. The Labute approximate surface area is 98.3 Å². The van der Waals surface area contributed by atoms with Crippen LogP contribution in [0.4, 0.5) is 0 Å². The van der Waals surface area contributed by atoms with E-state index in [1.165, 1.54) is 11.1 Å². The van der Waals surface area contributed by atoms with Crippen LogP contribution in [-0.2, 0) is 0 Å². The summed E-state index contributed by atoms with van der Waals surface area (Å²) in [5.74, 6) is 0.355. The molecule has 2 nitrogen and oxygen atoms in total. The number of nitrogens with one attached hydrogen (secondary N) is 1. The topological polar surface area (TPSA) is 35.8 Å². The molecule has 0 aliphatic carbocycles. The fourth-order valence-corrected chi connectivity index (χ4v) is 2.07. The van der Waals surface area contributed by atoms with Crippen LogP contribution in [0.3, 0.4) is 0 Å². The molecule has 1 rings (SSSR count). The molecule has 0 heterocycles. The van der Waals surface area contributed by atoms with Gasteiger partial charge >= 0.3 is 0 Å². The third-order valence-corrected chi connectivity index (χ3v) is 3.06. The molecule has 86 valence electrons. The van der Waals surface area contributed by atoms with E-state index in [1.54, 1.807) is 0 Å². The van der Waals surface area contributed by atoms with Gasteiger partial charge in [-0.15, -0.1) is 0 Å². The van der Waals surface area contributed by atoms with Crippen molar-refractivity contribution in [2.24, 2.45) is 11.8 Å². The highest BCUT2D eigenvalue weighted by atomic mass is 14.9. The second-order valence-electron chi connectivity index (χ2n) is 4.52. The summed E-state index contributed by atoms with van der Waals surface area (Å²) >= 11 is 0. The van der Waals surface area contributed by atoms with Crippen molar-refractivity contribution >= 4 is 0 Å². The number of nitrogens with zero attached hydrogens (tertiary/aromatic N) is 1. The molecule has 2 heteroatoms. The van der Waals surface area contributed by atoms with Crippen LogP contribution in [-0.4, -0.2) is 7.05 Å². The zero-order chi connectivity index (χ0) is 12.1. The van der Waals surface area contributed by atoms with E-state index >= 15 is 0 Å². The summed E-state index contributed by atoms with van der Waals surface area (Å²) in [5, 5.41) is 12.5. The predicted octanol–water partition coefficient (Wildman–Crippen LogP) is 3.05. The van der Waals surface area contributed by atoms with Crippen molar-refractivity contribution in [3.63, 3.8) is 0 Å². The third-order valence-electron chi connectivity index (χ3n) is 3.06. The van der Waals surface area contributed by atoms with Gasteiger partial charge in [0.05, 0.1) is 12.0 Å². The molecular weight excluding hydrogens is 196 g/mol. The summed E-state index contributed by atoms with van der Waals surface area (Å²) < 4.78 is 0. The number of rotatable bonds is 4. The van der Waals surface area contributed by atoms with Crippen molar-refractivity contribution < 1.29 is 0 Å². The lowest BCUT2D eigenvalue weighted by Crippen LogP contribution is -2.28. The number of nitriles is 1. The molecule has 0 spiro atoms. The molecule has 0 fully saturated rings. The van der Waals surface area contributed by atoms with Crippen molar-refractivity contribution in [2.45, 2.75) is 26.8 Å². The van der Waals surface area contributed by atoms with E-state index < -0.39 is 0 Å². The Morgan fingerprint density at radius 3 is 2.31 bits per heavy atom. The smallest absolute Gasteiger partial charge is 0.0681 e. The highest BCUT2D eigenvalue weighted by molar-refractivity contribution is 5.30. The van der Waals surface area contributed by atoms with E-state index in [1.807, 2.05) is 19.2 Å². The Kier molecular flexibility index (Phi) is 4.52. The summed E-state index contributed by atoms with van der Waals surface area (Å²) in [6.07, 6.45) is 0. The second kappa shape index (κ2) is 5.67. The third kappa shape index (κ3) is 2.62. The number of hydrogen-bond donors (Lipinski definition) is 1. The van der Waals surface area contributed by atoms with Gasteiger partial charge in [-0.1, -0.05) is 38.1 Å². The maximum atomic E-state index is 9.26. The average molecular weight is 216 g/mol. The SMILES string of the molecule is CNC(c1ccccc1C)C(C#N)C(C)C. The summed E-state index contributed by atoms with van der Waals surface area (Å²) in [6.45, 7) is 6.28. The van der Waals surface area contributed by atoms with Crippen molar-refractivity contribution in [3.05, 3.63) is 35.4 Å². The van der Waals surface area contributed by atoms with Crippen LogP contribution in [0.25, 0.3) is 0 Å². The molecule has 0 radical (unpaired) electrons. The minimum atomic E-state index is 0.00565. The van der Waals surface area contributed by atoms with E-state index in [2.05, 4.69) is 44.3 Å². The van der Waals surface area contributed by atoms with Crippen LogP contribution < -0.4 is 5.32 Å². The first-order chi connectivity index (χ1) is 7.61. The average Bonchev–Trinajstić information content (AvgIpc) is 2.26. The van der Waals surface area contributed by atoms with Crippen LogP contribution in [0.15, 0.2) is 24.3 Å². The molecule has 0 saturated heterocycles. The van der Waals surface area contributed by atoms with Crippen LogP contribution >= 0.6 is 0 Å². The molecule has 1 aromatic rings. The quantitative estimate of drug-likeness (QED) is 0.839. The first kappa shape index (κ1) is 12.7. The minimum absolute atomic E-state index is 0.00565. The maximum absolute atomic E-state index is 9.26. The Balaban J connectivity index is 3.08. The van der Waals surface area contributed by atoms with Crippen molar-refractivity contribution in [3.8, 4) is 6.07 Å². The summed E-state index contributed by atoms with van der Waals surface area (Å²) in [5.41, 5.74) is 2.47. The van der Waals surface area contributed by atoms with E-state index in [9.17, 15) is 5.26 Å². The van der Waals surface area contributed by atoms with Gasteiger partial charge in [-0.25, -0.2) is 0 Å². The molecular formula is C14H20N2. The second-order valence-corrected chi connectivity index (χ2v) is 4.52. The van der Waals surface area contributed by atoms with E-state index in [4.69, 9.17) is 0 Å². The Hall–Kier alpha value is -1.33. The molecule has 2 unspecified atom stereocenters. The number of hydrogen-bond acceptors (Lipinski definition) is 2. The highest BCUT2D eigenvalue weighted by Crippen LogP contribution is 2.29. The van der Waals surface area contributed by atoms with Crippen LogP contribution in [0.5, 0.6) is 0 Å². The normalized spacial score (nSPS) is 14.5. The Bertz CT molecular complexity index is 377. The molecule has 0 aliphatic heterocycles. The van der Waals surface area contributed by atoms with Gasteiger partial charge in [0.25, 0.3) is 0 Å². The van der Waals surface area contributed by atoms with Gasteiger partial charge in [-0.3, -0.25) is 0 Å². The molecule has 0 aromatic heterocycles. The first-order valence-corrected chi connectivity index (χ1v) is 5.74. The monoisotopic (exact) mass is 216 g/mol. The van der Waals surface area contributed by atoms with Crippen molar-refractivity contribution in [1.29, 1.82) is 5.26 Å². The van der Waals surface area contributed by atoms with Crippen LogP contribution in [0.1, 0.15) is 31.0 Å². The molecule has 1 N–H and O–H groups in total. The Morgan fingerprint density at radius 1 is 1.25 bits per heavy atom. The standard InChI is InChI=1S/C14H20N2/c1-10(2)13(9-15)14(16-4)12-8-6-5-7-11(12)3/h5-8,10,13-14,16H,1-4H3. The zero-order valence-electron chi connectivity index (χ0n) is 10.5. The van der Waals surface area contributed by atoms with Crippen molar-refractivity contribution in [1.82, 2.24) is 5.32 Å². The van der Waals surface area contributed by atoms with Gasteiger partial charge in [0.15, 0.2) is 0 Å². The largest absolute Gasteiger partial charge is 0.312 e.